The summed E-state index contributed by atoms with van der Waals surface area (Å²) in [6.07, 6.45) is 4.08. The molecule has 8 nitrogen and oxygen atoms in total. The Morgan fingerprint density at radius 3 is 2.77 bits per heavy atom. The number of fused-ring (bicyclic) bond motifs is 2. The van der Waals surface area contributed by atoms with Crippen LogP contribution < -0.4 is 29.6 Å². The monoisotopic (exact) mass is 549 g/mol. The standard InChI is InChI=1S/C30H32ClN3O5/c1-36-29-19(16-32-17-20-9-11-28(35)33-20)14-24(31)30(34-29)39-25-7-3-5-22-21(4-2-6-23(22)25)18-8-10-26-27(15-18)38-13-12-37-26/h2,4,6,8,10,14-15,20,25,32H,3,5,7,9,11-13,16-17H2,1H3,(H,33,35)/t20-,25-/m0/s1. The highest BCUT2D eigenvalue weighted by atomic mass is 35.5. The van der Waals surface area contributed by atoms with Crippen LogP contribution in [0, 0.1) is 0 Å². The van der Waals surface area contributed by atoms with Crippen molar-refractivity contribution in [2.75, 3.05) is 26.9 Å². The molecule has 0 saturated carbocycles. The van der Waals surface area contributed by atoms with Gasteiger partial charge in [-0.1, -0.05) is 35.9 Å². The smallest absolute Gasteiger partial charge is 0.236 e. The SMILES string of the molecule is COc1nc(O[C@H]2CCCc3c(-c4ccc5c(c4)OCCO5)cccc32)c(Cl)cc1CNC[C@@H]1CCC(=O)N1. The van der Waals surface area contributed by atoms with Gasteiger partial charge in [-0.2, -0.15) is 4.98 Å². The zero-order valence-electron chi connectivity index (χ0n) is 21.9. The van der Waals surface area contributed by atoms with Crippen molar-refractivity contribution in [1.29, 1.82) is 0 Å². The minimum Gasteiger partial charge on any atom is -0.486 e. The lowest BCUT2D eigenvalue weighted by Gasteiger charge is -2.28. The molecule has 39 heavy (non-hydrogen) atoms. The first kappa shape index (κ1) is 25.8. The van der Waals surface area contributed by atoms with Crippen LogP contribution in [0.25, 0.3) is 11.1 Å². The van der Waals surface area contributed by atoms with Gasteiger partial charge in [-0.15, -0.1) is 0 Å². The molecule has 9 heteroatoms. The van der Waals surface area contributed by atoms with Gasteiger partial charge in [0.05, 0.1) is 7.11 Å². The number of halogens is 1. The number of amides is 1. The van der Waals surface area contributed by atoms with Crippen LogP contribution in [0.2, 0.25) is 5.02 Å². The van der Waals surface area contributed by atoms with Gasteiger partial charge in [-0.25, -0.2) is 0 Å². The Balaban J connectivity index is 1.20. The van der Waals surface area contributed by atoms with Gasteiger partial charge in [0, 0.05) is 31.1 Å². The highest BCUT2D eigenvalue weighted by Gasteiger charge is 2.27. The van der Waals surface area contributed by atoms with Crippen LogP contribution in [-0.4, -0.2) is 43.8 Å². The number of hydrogen-bond donors (Lipinski definition) is 2. The van der Waals surface area contributed by atoms with Crippen LogP contribution in [0.3, 0.4) is 0 Å². The number of carbonyl (C=O) groups excluding carboxylic acids is 1. The highest BCUT2D eigenvalue weighted by molar-refractivity contribution is 6.31. The second kappa shape index (κ2) is 11.3. The van der Waals surface area contributed by atoms with E-state index >= 15 is 0 Å². The lowest BCUT2D eigenvalue weighted by molar-refractivity contribution is -0.119. The Kier molecular flexibility index (Phi) is 7.48. The Labute approximate surface area is 233 Å². The molecule has 2 aromatic carbocycles. The third kappa shape index (κ3) is 5.49. The average Bonchev–Trinajstić information content (AvgIpc) is 3.38. The molecule has 2 aliphatic heterocycles. The van der Waals surface area contributed by atoms with Gasteiger partial charge in [0.25, 0.3) is 0 Å². The van der Waals surface area contributed by atoms with E-state index in [1.807, 2.05) is 12.1 Å². The van der Waals surface area contributed by atoms with Crippen molar-refractivity contribution < 1.29 is 23.7 Å². The number of aromatic nitrogens is 1. The predicted molar refractivity (Wildman–Crippen MR) is 148 cm³/mol. The number of ether oxygens (including phenoxy) is 4. The fourth-order valence-corrected chi connectivity index (χ4v) is 5.85. The van der Waals surface area contributed by atoms with Gasteiger partial charge in [0.1, 0.15) is 24.3 Å². The predicted octanol–water partition coefficient (Wildman–Crippen LogP) is 5.01. The molecule has 2 N–H and O–H groups in total. The maximum absolute atomic E-state index is 11.4. The molecule has 1 aliphatic carbocycles. The third-order valence-corrected chi connectivity index (χ3v) is 7.80. The molecule has 1 aromatic heterocycles. The summed E-state index contributed by atoms with van der Waals surface area (Å²) in [4.78, 5) is 16.1. The number of carbonyl (C=O) groups is 1. The quantitative estimate of drug-likeness (QED) is 0.408. The summed E-state index contributed by atoms with van der Waals surface area (Å²) < 4.78 is 23.6. The van der Waals surface area contributed by atoms with Crippen molar-refractivity contribution in [3.8, 4) is 34.4 Å². The lowest BCUT2D eigenvalue weighted by Crippen LogP contribution is -2.35. The molecule has 0 spiro atoms. The van der Waals surface area contributed by atoms with E-state index in [0.717, 1.165) is 53.9 Å². The first-order valence-electron chi connectivity index (χ1n) is 13.5. The molecule has 3 aromatic rings. The molecule has 1 fully saturated rings. The number of nitrogens with zero attached hydrogens (tertiary/aromatic N) is 1. The Bertz CT molecular complexity index is 1380. The highest BCUT2D eigenvalue weighted by Crippen LogP contribution is 2.42. The minimum absolute atomic E-state index is 0.105. The average molecular weight is 550 g/mol. The Morgan fingerprint density at radius 2 is 1.95 bits per heavy atom. The van der Waals surface area contributed by atoms with Crippen LogP contribution in [0.4, 0.5) is 0 Å². The zero-order chi connectivity index (χ0) is 26.8. The van der Waals surface area contributed by atoms with Gasteiger partial charge in [0.15, 0.2) is 11.5 Å². The van der Waals surface area contributed by atoms with Crippen LogP contribution in [0.15, 0.2) is 42.5 Å². The van der Waals surface area contributed by atoms with Gasteiger partial charge >= 0.3 is 0 Å². The first-order chi connectivity index (χ1) is 19.1. The molecule has 0 unspecified atom stereocenters. The van der Waals surface area contributed by atoms with E-state index in [2.05, 4.69) is 45.9 Å². The number of nitrogens with one attached hydrogen (secondary N) is 2. The summed E-state index contributed by atoms with van der Waals surface area (Å²) >= 11 is 6.67. The van der Waals surface area contributed by atoms with Crippen LogP contribution in [-0.2, 0) is 17.8 Å². The van der Waals surface area contributed by atoms with Crippen molar-refractivity contribution in [2.24, 2.45) is 0 Å². The molecule has 6 rings (SSSR count). The third-order valence-electron chi connectivity index (χ3n) is 7.53. The number of methoxy groups -OCH3 is 1. The number of pyridine rings is 1. The van der Waals surface area contributed by atoms with Gasteiger partial charge in [-0.05, 0) is 66.1 Å². The first-order valence-corrected chi connectivity index (χ1v) is 13.9. The molecule has 204 valence electrons. The summed E-state index contributed by atoms with van der Waals surface area (Å²) in [7, 11) is 1.59. The molecule has 2 atom stereocenters. The largest absolute Gasteiger partial charge is 0.486 e. The number of benzene rings is 2. The fourth-order valence-electron chi connectivity index (χ4n) is 5.63. The lowest BCUT2D eigenvalue weighted by atomic mass is 9.84. The molecule has 1 saturated heterocycles. The van der Waals surface area contributed by atoms with Crippen molar-refractivity contribution in [3.63, 3.8) is 0 Å². The van der Waals surface area contributed by atoms with Crippen LogP contribution in [0.1, 0.15) is 48.5 Å². The fraction of sp³-hybridized carbons (Fsp3) is 0.400. The van der Waals surface area contributed by atoms with Gasteiger partial charge in [0.2, 0.25) is 17.7 Å². The van der Waals surface area contributed by atoms with E-state index in [9.17, 15) is 4.79 Å². The van der Waals surface area contributed by atoms with E-state index in [1.165, 1.54) is 11.1 Å². The van der Waals surface area contributed by atoms with Crippen LogP contribution in [0.5, 0.6) is 23.3 Å². The molecule has 1 amide bonds. The van der Waals surface area contributed by atoms with Gasteiger partial charge in [-0.3, -0.25) is 4.79 Å². The maximum atomic E-state index is 11.4. The second-order valence-corrected chi connectivity index (χ2v) is 10.5. The number of rotatable bonds is 8. The molecular weight excluding hydrogens is 518 g/mol. The second-order valence-electron chi connectivity index (χ2n) is 10.1. The summed E-state index contributed by atoms with van der Waals surface area (Å²) in [6, 6.07) is 14.5. The molecule has 0 radical (unpaired) electrons. The topological polar surface area (TPSA) is 90.9 Å². The molecular formula is C30H32ClN3O5. The summed E-state index contributed by atoms with van der Waals surface area (Å²) in [5, 5.41) is 6.78. The molecule has 3 heterocycles. The van der Waals surface area contributed by atoms with E-state index in [4.69, 9.17) is 30.5 Å². The Hall–Kier alpha value is -3.49. The van der Waals surface area contributed by atoms with Crippen LogP contribution >= 0.6 is 11.6 Å². The van der Waals surface area contributed by atoms with Gasteiger partial charge < -0.3 is 29.6 Å². The molecule has 3 aliphatic rings. The van der Waals surface area contributed by atoms with Crippen molar-refractivity contribution in [3.05, 3.63) is 64.2 Å². The summed E-state index contributed by atoms with van der Waals surface area (Å²) in [6.45, 7) is 2.33. The van der Waals surface area contributed by atoms with Crippen molar-refractivity contribution in [1.82, 2.24) is 15.6 Å². The van der Waals surface area contributed by atoms with E-state index < -0.39 is 0 Å². The zero-order valence-corrected chi connectivity index (χ0v) is 22.7. The maximum Gasteiger partial charge on any atom is 0.236 e. The normalized spacial score (nSPS) is 19.8. The minimum atomic E-state index is -0.171. The van der Waals surface area contributed by atoms with E-state index in [1.54, 1.807) is 7.11 Å². The summed E-state index contributed by atoms with van der Waals surface area (Å²) in [5.74, 6) is 2.51. The van der Waals surface area contributed by atoms with E-state index in [0.29, 0.717) is 49.5 Å². The Morgan fingerprint density at radius 1 is 1.08 bits per heavy atom. The van der Waals surface area contributed by atoms with Crippen molar-refractivity contribution in [2.45, 2.75) is 50.8 Å². The van der Waals surface area contributed by atoms with E-state index in [-0.39, 0.29) is 18.1 Å². The summed E-state index contributed by atoms with van der Waals surface area (Å²) in [5.41, 5.74) is 5.53. The molecule has 0 bridgehead atoms. The van der Waals surface area contributed by atoms with Crippen molar-refractivity contribution >= 4 is 17.5 Å². The number of hydrogen-bond acceptors (Lipinski definition) is 7.